The molecule has 0 spiro atoms. The number of nitrogens with zero attached hydrogens (tertiary/aromatic N) is 3. The average molecular weight is 305 g/mol. The van der Waals surface area contributed by atoms with Crippen molar-refractivity contribution >= 4 is 11.6 Å². The predicted octanol–water partition coefficient (Wildman–Crippen LogP) is 3.05. The van der Waals surface area contributed by atoms with Crippen molar-refractivity contribution in [3.05, 3.63) is 40.7 Å². The number of hydrogen-bond donors (Lipinski definition) is 1. The Labute approximate surface area is 118 Å². The summed E-state index contributed by atoms with van der Waals surface area (Å²) in [6.07, 6.45) is -3.05. The fourth-order valence-corrected chi connectivity index (χ4v) is 1.86. The van der Waals surface area contributed by atoms with Crippen LogP contribution in [0.5, 0.6) is 0 Å². The first-order valence-corrected chi connectivity index (χ1v) is 6.28. The lowest BCUT2D eigenvalue weighted by molar-refractivity contribution is -0.137. The molecule has 0 amide bonds. The van der Waals surface area contributed by atoms with Gasteiger partial charge < -0.3 is 5.32 Å². The van der Waals surface area contributed by atoms with Gasteiger partial charge in [-0.3, -0.25) is 0 Å². The summed E-state index contributed by atoms with van der Waals surface area (Å²) in [4.78, 5) is 0. The molecule has 1 aromatic heterocycles. The number of alkyl halides is 3. The monoisotopic (exact) mass is 304 g/mol. The van der Waals surface area contributed by atoms with Gasteiger partial charge in [0.2, 0.25) is 0 Å². The van der Waals surface area contributed by atoms with Gasteiger partial charge in [-0.05, 0) is 24.7 Å². The van der Waals surface area contributed by atoms with Gasteiger partial charge in [0, 0.05) is 11.6 Å². The van der Waals surface area contributed by atoms with E-state index in [9.17, 15) is 13.2 Å². The molecule has 8 heteroatoms. The number of benzene rings is 1. The van der Waals surface area contributed by atoms with Crippen LogP contribution in [0.2, 0.25) is 5.02 Å². The van der Waals surface area contributed by atoms with E-state index in [4.69, 9.17) is 11.6 Å². The van der Waals surface area contributed by atoms with Gasteiger partial charge in [-0.25, -0.2) is 4.68 Å². The van der Waals surface area contributed by atoms with Gasteiger partial charge in [-0.15, -0.1) is 5.10 Å². The number of aromatic nitrogens is 3. The van der Waals surface area contributed by atoms with E-state index < -0.39 is 11.7 Å². The van der Waals surface area contributed by atoms with Crippen LogP contribution >= 0.6 is 11.6 Å². The van der Waals surface area contributed by atoms with E-state index in [2.05, 4.69) is 15.6 Å². The van der Waals surface area contributed by atoms with Gasteiger partial charge in [-0.2, -0.15) is 13.2 Å². The van der Waals surface area contributed by atoms with Gasteiger partial charge in [0.15, 0.2) is 0 Å². The predicted molar refractivity (Wildman–Crippen MR) is 68.8 cm³/mol. The van der Waals surface area contributed by atoms with Crippen LogP contribution in [-0.2, 0) is 12.7 Å². The third kappa shape index (κ3) is 3.29. The molecule has 0 saturated heterocycles. The van der Waals surface area contributed by atoms with E-state index in [1.807, 2.05) is 6.92 Å². The van der Waals surface area contributed by atoms with Gasteiger partial charge >= 0.3 is 6.18 Å². The number of rotatable bonds is 4. The van der Waals surface area contributed by atoms with Gasteiger partial charge in [0.25, 0.3) is 0 Å². The fourth-order valence-electron chi connectivity index (χ4n) is 1.69. The summed E-state index contributed by atoms with van der Waals surface area (Å²) < 4.78 is 40.1. The smallest absolute Gasteiger partial charge is 0.311 e. The Balaban J connectivity index is 2.39. The minimum atomic E-state index is -4.51. The van der Waals surface area contributed by atoms with Crippen LogP contribution in [0.4, 0.5) is 13.2 Å². The lowest BCUT2D eigenvalue weighted by Gasteiger charge is -2.12. The molecule has 0 aliphatic heterocycles. The number of halogens is 4. The standard InChI is InChI=1S/C12H12ClF3N4/c1-2-17-6-9-7-20(19-18-9)11-4-3-8(13)5-10(11)12(14,15)16/h3-5,7,17H,2,6H2,1H3. The van der Waals surface area contributed by atoms with Gasteiger partial charge in [0.05, 0.1) is 23.1 Å². The van der Waals surface area contributed by atoms with E-state index >= 15 is 0 Å². The molecule has 0 atom stereocenters. The maximum atomic E-state index is 13.0. The summed E-state index contributed by atoms with van der Waals surface area (Å²) >= 11 is 5.63. The number of nitrogens with one attached hydrogen (secondary N) is 1. The molecule has 0 bridgehead atoms. The maximum absolute atomic E-state index is 13.0. The van der Waals surface area contributed by atoms with Gasteiger partial charge in [0.1, 0.15) is 0 Å². The van der Waals surface area contributed by atoms with Crippen molar-refractivity contribution in [2.24, 2.45) is 0 Å². The first-order valence-electron chi connectivity index (χ1n) is 5.91. The van der Waals surface area contributed by atoms with Crippen molar-refractivity contribution in [1.82, 2.24) is 20.3 Å². The molecule has 0 unspecified atom stereocenters. The highest BCUT2D eigenvalue weighted by molar-refractivity contribution is 6.30. The molecule has 0 aliphatic rings. The molecule has 0 aliphatic carbocycles. The molecular formula is C12H12ClF3N4. The molecule has 0 radical (unpaired) electrons. The molecule has 2 aromatic rings. The maximum Gasteiger partial charge on any atom is 0.418 e. The number of hydrogen-bond acceptors (Lipinski definition) is 3. The van der Waals surface area contributed by atoms with Crippen LogP contribution in [0, 0.1) is 0 Å². The van der Waals surface area contributed by atoms with E-state index in [0.29, 0.717) is 12.2 Å². The Bertz CT molecular complexity index is 595. The third-order valence-electron chi connectivity index (χ3n) is 2.61. The second-order valence-corrected chi connectivity index (χ2v) is 4.53. The van der Waals surface area contributed by atoms with Crippen LogP contribution < -0.4 is 5.32 Å². The topological polar surface area (TPSA) is 42.7 Å². The van der Waals surface area contributed by atoms with Crippen molar-refractivity contribution in [1.29, 1.82) is 0 Å². The van der Waals surface area contributed by atoms with Crippen LogP contribution in [0.15, 0.2) is 24.4 Å². The first kappa shape index (κ1) is 14.8. The van der Waals surface area contributed by atoms with E-state index in [0.717, 1.165) is 17.3 Å². The molecule has 4 nitrogen and oxygen atoms in total. The summed E-state index contributed by atoms with van der Waals surface area (Å²) in [5, 5.41) is 10.6. The summed E-state index contributed by atoms with van der Waals surface area (Å²) in [5.74, 6) is 0. The Morgan fingerprint density at radius 2 is 2.10 bits per heavy atom. The van der Waals surface area contributed by atoms with Crippen molar-refractivity contribution in [3.63, 3.8) is 0 Å². The second-order valence-electron chi connectivity index (χ2n) is 4.09. The van der Waals surface area contributed by atoms with Crippen molar-refractivity contribution in [3.8, 4) is 5.69 Å². The average Bonchev–Trinajstić information content (AvgIpc) is 2.84. The van der Waals surface area contributed by atoms with Crippen molar-refractivity contribution in [2.75, 3.05) is 6.54 Å². The Kier molecular flexibility index (Phi) is 4.29. The van der Waals surface area contributed by atoms with Crippen LogP contribution in [0.3, 0.4) is 0 Å². The molecule has 1 N–H and O–H groups in total. The minimum Gasteiger partial charge on any atom is -0.311 e. The van der Waals surface area contributed by atoms with E-state index in [-0.39, 0.29) is 10.7 Å². The second kappa shape index (κ2) is 5.80. The summed E-state index contributed by atoms with van der Waals surface area (Å²) in [7, 11) is 0. The van der Waals surface area contributed by atoms with Crippen molar-refractivity contribution < 1.29 is 13.2 Å². The highest BCUT2D eigenvalue weighted by Gasteiger charge is 2.34. The quantitative estimate of drug-likeness (QED) is 0.944. The summed E-state index contributed by atoms with van der Waals surface area (Å²) in [6, 6.07) is 3.54. The molecule has 2 rings (SSSR count). The molecule has 20 heavy (non-hydrogen) atoms. The Morgan fingerprint density at radius 1 is 1.35 bits per heavy atom. The summed E-state index contributed by atoms with van der Waals surface area (Å²) in [5.41, 5.74) is -0.378. The first-order chi connectivity index (χ1) is 9.41. The summed E-state index contributed by atoms with van der Waals surface area (Å²) in [6.45, 7) is 3.11. The van der Waals surface area contributed by atoms with E-state index in [1.165, 1.54) is 18.3 Å². The largest absolute Gasteiger partial charge is 0.418 e. The molecular weight excluding hydrogens is 293 g/mol. The van der Waals surface area contributed by atoms with E-state index in [1.54, 1.807) is 0 Å². The lowest BCUT2D eigenvalue weighted by atomic mass is 10.1. The molecule has 0 fully saturated rings. The molecule has 108 valence electrons. The zero-order valence-electron chi connectivity index (χ0n) is 10.6. The molecule has 0 saturated carbocycles. The molecule has 1 heterocycles. The lowest BCUT2D eigenvalue weighted by Crippen LogP contribution is -2.12. The van der Waals surface area contributed by atoms with Crippen LogP contribution in [0.1, 0.15) is 18.2 Å². The zero-order valence-corrected chi connectivity index (χ0v) is 11.3. The van der Waals surface area contributed by atoms with Gasteiger partial charge in [-0.1, -0.05) is 23.7 Å². The normalized spacial score (nSPS) is 11.8. The van der Waals surface area contributed by atoms with Crippen LogP contribution in [-0.4, -0.2) is 21.5 Å². The van der Waals surface area contributed by atoms with Crippen LogP contribution in [0.25, 0.3) is 5.69 Å². The SMILES string of the molecule is CCNCc1cn(-c2ccc(Cl)cc2C(F)(F)F)nn1. The van der Waals surface area contributed by atoms with Crippen molar-refractivity contribution in [2.45, 2.75) is 19.6 Å². The minimum absolute atomic E-state index is 0.0223. The fraction of sp³-hybridized carbons (Fsp3) is 0.333. The third-order valence-corrected chi connectivity index (χ3v) is 2.84. The Hall–Kier alpha value is -1.60. The highest BCUT2D eigenvalue weighted by Crippen LogP contribution is 2.35. The Morgan fingerprint density at radius 3 is 2.75 bits per heavy atom. The molecule has 1 aromatic carbocycles. The zero-order chi connectivity index (χ0) is 14.8. The highest BCUT2D eigenvalue weighted by atomic mass is 35.5.